The zero-order chi connectivity index (χ0) is 22.1. The quantitative estimate of drug-likeness (QED) is 0.804. The van der Waals surface area contributed by atoms with E-state index in [4.69, 9.17) is 4.98 Å². The molecule has 0 radical (unpaired) electrons. The summed E-state index contributed by atoms with van der Waals surface area (Å²) in [6.07, 6.45) is 5.25. The zero-order valence-corrected chi connectivity index (χ0v) is 19.2. The van der Waals surface area contributed by atoms with Crippen molar-refractivity contribution in [1.29, 1.82) is 0 Å². The number of carbonyl (C=O) groups is 1. The van der Waals surface area contributed by atoms with Crippen molar-refractivity contribution in [2.24, 2.45) is 5.92 Å². The SMILES string of the molecule is C[C@@H]1CN(C(=O)NC2(C)CCN3CCC2CC3)CCN1c1nccc(-c2ccccc2)n1. The number of aromatic nitrogens is 2. The predicted molar refractivity (Wildman–Crippen MR) is 127 cm³/mol. The standard InChI is InChI=1S/C25H34N6O/c1-19-18-30(24(32)28-25(2)11-15-29-13-9-21(25)10-14-29)16-17-31(19)23-26-12-8-22(27-23)20-6-4-3-5-7-20/h3-8,12,19,21H,9-11,13-18H2,1-2H3,(H,28,32)/t19-,25?/m1/s1. The molecule has 4 fully saturated rings. The van der Waals surface area contributed by atoms with Crippen LogP contribution in [0.5, 0.6) is 0 Å². The molecule has 7 heteroatoms. The van der Waals surface area contributed by atoms with Crippen LogP contribution in [-0.4, -0.2) is 76.6 Å². The minimum absolute atomic E-state index is 0.0818. The van der Waals surface area contributed by atoms with Gasteiger partial charge in [-0.25, -0.2) is 14.8 Å². The highest BCUT2D eigenvalue weighted by atomic mass is 16.2. The summed E-state index contributed by atoms with van der Waals surface area (Å²) in [6.45, 7) is 9.95. The van der Waals surface area contributed by atoms with Crippen LogP contribution in [0.3, 0.4) is 0 Å². The topological polar surface area (TPSA) is 64.6 Å². The Balaban J connectivity index is 1.24. The molecule has 4 aliphatic rings. The van der Waals surface area contributed by atoms with Crippen molar-refractivity contribution in [3.05, 3.63) is 42.6 Å². The van der Waals surface area contributed by atoms with Gasteiger partial charge in [0.25, 0.3) is 0 Å². The number of hydrogen-bond donors (Lipinski definition) is 1. The van der Waals surface area contributed by atoms with E-state index in [9.17, 15) is 4.79 Å². The normalized spacial score (nSPS) is 30.1. The van der Waals surface area contributed by atoms with Crippen LogP contribution in [0, 0.1) is 5.92 Å². The Hall–Kier alpha value is -2.67. The van der Waals surface area contributed by atoms with Gasteiger partial charge >= 0.3 is 6.03 Å². The highest BCUT2D eigenvalue weighted by Gasteiger charge is 2.42. The van der Waals surface area contributed by atoms with Crippen molar-refractivity contribution in [3.8, 4) is 11.3 Å². The minimum atomic E-state index is -0.101. The van der Waals surface area contributed by atoms with Crippen LogP contribution in [-0.2, 0) is 0 Å². The van der Waals surface area contributed by atoms with E-state index in [1.807, 2.05) is 35.4 Å². The monoisotopic (exact) mass is 434 g/mol. The van der Waals surface area contributed by atoms with Gasteiger partial charge in [0.2, 0.25) is 5.95 Å². The van der Waals surface area contributed by atoms with Crippen LogP contribution in [0.4, 0.5) is 10.7 Å². The van der Waals surface area contributed by atoms with Gasteiger partial charge in [0, 0.05) is 49.5 Å². The Kier molecular flexibility index (Phi) is 5.76. The van der Waals surface area contributed by atoms with Gasteiger partial charge in [-0.05, 0) is 58.2 Å². The first-order chi connectivity index (χ1) is 15.5. The van der Waals surface area contributed by atoms with E-state index in [0.717, 1.165) is 36.7 Å². The summed E-state index contributed by atoms with van der Waals surface area (Å²) in [6, 6.07) is 12.4. The highest BCUT2D eigenvalue weighted by molar-refractivity contribution is 5.75. The molecule has 0 saturated carbocycles. The largest absolute Gasteiger partial charge is 0.335 e. The Morgan fingerprint density at radius 1 is 1.06 bits per heavy atom. The lowest BCUT2D eigenvalue weighted by atomic mass is 9.79. The predicted octanol–water partition coefficient (Wildman–Crippen LogP) is 3.24. The summed E-state index contributed by atoms with van der Waals surface area (Å²) in [7, 11) is 0. The lowest BCUT2D eigenvalue weighted by Gasteiger charge is -2.43. The molecular weight excluding hydrogens is 400 g/mol. The molecule has 2 amide bonds. The van der Waals surface area contributed by atoms with Gasteiger partial charge in [0.05, 0.1) is 5.69 Å². The Labute approximate surface area is 190 Å². The Bertz CT molecular complexity index is 944. The number of fused-ring (bicyclic) bond motifs is 4. The molecule has 1 N–H and O–H groups in total. The number of nitrogens with zero attached hydrogens (tertiary/aromatic N) is 5. The van der Waals surface area contributed by atoms with Gasteiger partial charge in [0.15, 0.2) is 0 Å². The van der Waals surface area contributed by atoms with Crippen molar-refractivity contribution < 1.29 is 4.79 Å². The summed E-state index contributed by atoms with van der Waals surface area (Å²) in [5, 5.41) is 3.45. The molecule has 32 heavy (non-hydrogen) atoms. The fourth-order valence-electron chi connectivity index (χ4n) is 5.57. The average Bonchev–Trinajstić information content (AvgIpc) is 3.08. The van der Waals surface area contributed by atoms with Crippen LogP contribution in [0.15, 0.2) is 42.6 Å². The molecule has 7 nitrogen and oxygen atoms in total. The van der Waals surface area contributed by atoms with Gasteiger partial charge in [-0.15, -0.1) is 0 Å². The highest BCUT2D eigenvalue weighted by Crippen LogP contribution is 2.35. The third-order valence-corrected chi connectivity index (χ3v) is 7.71. The number of benzene rings is 1. The summed E-state index contributed by atoms with van der Waals surface area (Å²) >= 11 is 0. The molecule has 170 valence electrons. The van der Waals surface area contributed by atoms with Crippen LogP contribution >= 0.6 is 0 Å². The molecule has 2 atom stereocenters. The maximum absolute atomic E-state index is 13.2. The summed E-state index contributed by atoms with van der Waals surface area (Å²) < 4.78 is 0. The second kappa shape index (κ2) is 8.70. The van der Waals surface area contributed by atoms with Crippen LogP contribution in [0.25, 0.3) is 11.3 Å². The number of piperazine rings is 1. The molecule has 6 rings (SSSR count). The number of urea groups is 1. The Morgan fingerprint density at radius 2 is 1.84 bits per heavy atom. The number of hydrogen-bond acceptors (Lipinski definition) is 5. The van der Waals surface area contributed by atoms with Gasteiger partial charge in [0.1, 0.15) is 0 Å². The van der Waals surface area contributed by atoms with Crippen molar-refractivity contribution >= 4 is 12.0 Å². The van der Waals surface area contributed by atoms with Crippen LogP contribution in [0.2, 0.25) is 0 Å². The molecule has 1 aromatic carbocycles. The van der Waals surface area contributed by atoms with E-state index in [0.29, 0.717) is 19.0 Å². The van der Waals surface area contributed by atoms with E-state index in [2.05, 4.69) is 46.1 Å². The zero-order valence-electron chi connectivity index (χ0n) is 19.2. The summed E-state index contributed by atoms with van der Waals surface area (Å²) in [5.41, 5.74) is 1.91. The first-order valence-electron chi connectivity index (χ1n) is 12.0. The fraction of sp³-hybridized carbons (Fsp3) is 0.560. The first kappa shape index (κ1) is 21.2. The lowest BCUT2D eigenvalue weighted by molar-refractivity contribution is 0.148. The minimum Gasteiger partial charge on any atom is -0.335 e. The second-order valence-corrected chi connectivity index (χ2v) is 9.81. The first-order valence-corrected chi connectivity index (χ1v) is 12.0. The van der Waals surface area contributed by atoms with E-state index < -0.39 is 0 Å². The van der Waals surface area contributed by atoms with E-state index >= 15 is 0 Å². The average molecular weight is 435 g/mol. The molecule has 2 bridgehead atoms. The molecular formula is C25H34N6O. The van der Waals surface area contributed by atoms with Crippen molar-refractivity contribution in [3.63, 3.8) is 0 Å². The molecule has 0 spiro atoms. The fourth-order valence-corrected chi connectivity index (χ4v) is 5.57. The molecule has 5 heterocycles. The molecule has 1 aromatic heterocycles. The molecule has 4 saturated heterocycles. The second-order valence-electron chi connectivity index (χ2n) is 9.81. The van der Waals surface area contributed by atoms with E-state index in [-0.39, 0.29) is 17.6 Å². The molecule has 2 aromatic rings. The lowest BCUT2D eigenvalue weighted by Crippen LogP contribution is -2.61. The van der Waals surface area contributed by atoms with Gasteiger partial charge < -0.3 is 20.0 Å². The molecule has 1 unspecified atom stereocenters. The maximum atomic E-state index is 13.2. The molecule has 0 aliphatic carbocycles. The van der Waals surface area contributed by atoms with Crippen molar-refractivity contribution in [2.75, 3.05) is 44.2 Å². The third kappa shape index (κ3) is 4.18. The maximum Gasteiger partial charge on any atom is 0.317 e. The number of carbonyl (C=O) groups excluding carboxylic acids is 1. The third-order valence-electron chi connectivity index (χ3n) is 7.71. The van der Waals surface area contributed by atoms with Crippen LogP contribution in [0.1, 0.15) is 33.1 Å². The van der Waals surface area contributed by atoms with Crippen molar-refractivity contribution in [1.82, 2.24) is 25.1 Å². The van der Waals surface area contributed by atoms with Crippen LogP contribution < -0.4 is 10.2 Å². The summed E-state index contributed by atoms with van der Waals surface area (Å²) in [5.74, 6) is 1.32. The number of amides is 2. The Morgan fingerprint density at radius 3 is 2.59 bits per heavy atom. The van der Waals surface area contributed by atoms with Crippen molar-refractivity contribution in [2.45, 2.75) is 44.7 Å². The van der Waals surface area contributed by atoms with Gasteiger partial charge in [-0.3, -0.25) is 0 Å². The van der Waals surface area contributed by atoms with Gasteiger partial charge in [-0.2, -0.15) is 0 Å². The van der Waals surface area contributed by atoms with E-state index in [1.165, 1.54) is 25.9 Å². The number of anilines is 1. The number of nitrogens with one attached hydrogen (secondary N) is 1. The number of piperidine rings is 1. The smallest absolute Gasteiger partial charge is 0.317 e. The number of rotatable bonds is 3. The van der Waals surface area contributed by atoms with E-state index in [1.54, 1.807) is 0 Å². The van der Waals surface area contributed by atoms with Gasteiger partial charge in [-0.1, -0.05) is 30.3 Å². The molecule has 4 aliphatic heterocycles. The summed E-state index contributed by atoms with van der Waals surface area (Å²) in [4.78, 5) is 29.3.